The summed E-state index contributed by atoms with van der Waals surface area (Å²) in [7, 11) is 1.10. The molecule has 1 unspecified atom stereocenters. The van der Waals surface area contributed by atoms with Gasteiger partial charge in [0, 0.05) is 6.04 Å². The maximum atomic E-state index is 12.4. The van der Waals surface area contributed by atoms with E-state index in [4.69, 9.17) is 0 Å². The molecule has 0 spiro atoms. The van der Waals surface area contributed by atoms with E-state index >= 15 is 0 Å². The Morgan fingerprint density at radius 2 is 1.62 bits per heavy atom. The molecule has 1 N–H and O–H groups in total. The van der Waals surface area contributed by atoms with Crippen molar-refractivity contribution in [3.63, 3.8) is 0 Å². The van der Waals surface area contributed by atoms with E-state index in [2.05, 4.69) is 10.1 Å². The van der Waals surface area contributed by atoms with Gasteiger partial charge in [0.25, 0.3) is 0 Å². The highest BCUT2D eigenvalue weighted by molar-refractivity contribution is 5.67. The van der Waals surface area contributed by atoms with Crippen LogP contribution in [-0.2, 0) is 4.74 Å². The van der Waals surface area contributed by atoms with Gasteiger partial charge in [-0.1, -0.05) is 13.8 Å². The maximum absolute atomic E-state index is 12.4. The Labute approximate surface area is 94.4 Å². The van der Waals surface area contributed by atoms with E-state index in [1.54, 1.807) is 0 Å². The normalized spacial score (nSPS) is 13.3. The monoisotopic (exact) mass is 243 g/mol. The predicted molar refractivity (Wildman–Crippen MR) is 56.2 cm³/mol. The molecule has 0 aliphatic heterocycles. The van der Waals surface area contributed by atoms with Crippen LogP contribution in [0.5, 0.6) is 0 Å². The molecule has 1 atom stereocenters. The molecule has 98 valence electrons. The highest BCUT2D eigenvalue weighted by Gasteiger charge is 2.51. The molecule has 0 saturated carbocycles. The van der Waals surface area contributed by atoms with Gasteiger partial charge >= 0.3 is 12.3 Å². The smallest absolute Gasteiger partial charge is 0.407 e. The van der Waals surface area contributed by atoms with E-state index in [-0.39, 0.29) is 0 Å². The number of hydrogen-bond donors (Lipinski definition) is 1. The summed E-state index contributed by atoms with van der Waals surface area (Å²) >= 11 is 0. The van der Waals surface area contributed by atoms with Crippen LogP contribution >= 0.6 is 0 Å². The van der Waals surface area contributed by atoms with Crippen molar-refractivity contribution in [1.29, 1.82) is 0 Å². The fraction of sp³-hybridized carbons (Fsp3) is 0.900. The summed E-state index contributed by atoms with van der Waals surface area (Å²) in [5, 5.41) is 2.10. The van der Waals surface area contributed by atoms with Gasteiger partial charge in [-0.3, -0.25) is 0 Å². The number of alkyl carbamates (subject to hydrolysis) is 1. The summed E-state index contributed by atoms with van der Waals surface area (Å²) in [5.41, 5.74) is -1.98. The van der Waals surface area contributed by atoms with Crippen LogP contribution in [0.25, 0.3) is 0 Å². The second-order valence-electron chi connectivity index (χ2n) is 3.58. The van der Waals surface area contributed by atoms with E-state index in [1.165, 1.54) is 6.92 Å². The zero-order valence-corrected chi connectivity index (χ0v) is 10.5. The lowest BCUT2D eigenvalue weighted by atomic mass is 9.85. The molecular formula is C10H20F3NO2. The zero-order valence-electron chi connectivity index (χ0n) is 10.5. The summed E-state index contributed by atoms with van der Waals surface area (Å²) in [6.45, 7) is 7.33. The molecule has 0 radical (unpaired) electrons. The number of carbonyl (C=O) groups excluding carboxylic acids is 1. The number of amides is 1. The molecule has 0 aliphatic rings. The molecule has 0 rings (SSSR count). The SMILES string of the molecule is CC.COC(=O)NC(C)C(C)(C)C(F)(F)F. The maximum Gasteiger partial charge on any atom is 0.407 e. The van der Waals surface area contributed by atoms with Gasteiger partial charge in [0.2, 0.25) is 0 Å². The van der Waals surface area contributed by atoms with Gasteiger partial charge in [-0.15, -0.1) is 0 Å². The number of hydrogen-bond acceptors (Lipinski definition) is 2. The van der Waals surface area contributed by atoms with Crippen LogP contribution in [0.4, 0.5) is 18.0 Å². The van der Waals surface area contributed by atoms with Crippen molar-refractivity contribution in [3.8, 4) is 0 Å². The van der Waals surface area contributed by atoms with Gasteiger partial charge < -0.3 is 10.1 Å². The van der Waals surface area contributed by atoms with Crippen LogP contribution in [-0.4, -0.2) is 25.4 Å². The number of rotatable bonds is 2. The van der Waals surface area contributed by atoms with E-state index in [0.717, 1.165) is 21.0 Å². The summed E-state index contributed by atoms with van der Waals surface area (Å²) < 4.78 is 41.5. The third-order valence-corrected chi connectivity index (χ3v) is 2.33. The first kappa shape index (κ1) is 17.5. The Kier molecular flexibility index (Phi) is 7.20. The average Bonchev–Trinajstić information content (AvgIpc) is 2.18. The van der Waals surface area contributed by atoms with E-state index in [1.807, 2.05) is 13.8 Å². The first-order chi connectivity index (χ1) is 7.13. The number of ether oxygens (including phenoxy) is 1. The average molecular weight is 243 g/mol. The summed E-state index contributed by atoms with van der Waals surface area (Å²) in [6, 6.07) is -1.05. The summed E-state index contributed by atoms with van der Waals surface area (Å²) in [6.07, 6.45) is -5.23. The minimum absolute atomic E-state index is 0.866. The highest BCUT2D eigenvalue weighted by Crippen LogP contribution is 2.40. The van der Waals surface area contributed by atoms with Crippen LogP contribution in [0.3, 0.4) is 0 Å². The number of alkyl halides is 3. The molecule has 16 heavy (non-hydrogen) atoms. The second kappa shape index (κ2) is 6.60. The lowest BCUT2D eigenvalue weighted by Crippen LogP contribution is -2.50. The van der Waals surface area contributed by atoms with E-state index < -0.39 is 23.7 Å². The fourth-order valence-corrected chi connectivity index (χ4v) is 0.662. The lowest BCUT2D eigenvalue weighted by molar-refractivity contribution is -0.218. The van der Waals surface area contributed by atoms with Crippen LogP contribution in [0, 0.1) is 5.41 Å². The number of nitrogens with one attached hydrogen (secondary N) is 1. The van der Waals surface area contributed by atoms with E-state index in [9.17, 15) is 18.0 Å². The third kappa shape index (κ3) is 4.72. The third-order valence-electron chi connectivity index (χ3n) is 2.33. The molecule has 0 aromatic carbocycles. The molecule has 0 aromatic rings. The van der Waals surface area contributed by atoms with Crippen molar-refractivity contribution < 1.29 is 22.7 Å². The van der Waals surface area contributed by atoms with Crippen molar-refractivity contribution in [1.82, 2.24) is 5.32 Å². The minimum Gasteiger partial charge on any atom is -0.453 e. The Balaban J connectivity index is 0. The molecule has 3 nitrogen and oxygen atoms in total. The van der Waals surface area contributed by atoms with Gasteiger partial charge in [-0.25, -0.2) is 4.79 Å². The molecular weight excluding hydrogens is 223 g/mol. The largest absolute Gasteiger partial charge is 0.453 e. The van der Waals surface area contributed by atoms with Gasteiger partial charge in [0.05, 0.1) is 12.5 Å². The van der Waals surface area contributed by atoms with Gasteiger partial charge in [-0.05, 0) is 20.8 Å². The summed E-state index contributed by atoms with van der Waals surface area (Å²) in [4.78, 5) is 10.7. The summed E-state index contributed by atoms with van der Waals surface area (Å²) in [5.74, 6) is 0. The van der Waals surface area contributed by atoms with Crippen molar-refractivity contribution in [2.75, 3.05) is 7.11 Å². The molecule has 1 amide bonds. The molecule has 0 aromatic heterocycles. The molecule has 0 bridgehead atoms. The van der Waals surface area contributed by atoms with Gasteiger partial charge in [-0.2, -0.15) is 13.2 Å². The Hall–Kier alpha value is -0.940. The quantitative estimate of drug-likeness (QED) is 0.807. The molecule has 0 heterocycles. The van der Waals surface area contributed by atoms with Crippen molar-refractivity contribution in [3.05, 3.63) is 0 Å². The van der Waals surface area contributed by atoms with Gasteiger partial charge in [0.1, 0.15) is 0 Å². The first-order valence-corrected chi connectivity index (χ1v) is 5.04. The molecule has 0 saturated heterocycles. The van der Waals surface area contributed by atoms with Crippen LogP contribution in [0.15, 0.2) is 0 Å². The molecule has 0 fully saturated rings. The molecule has 0 aliphatic carbocycles. The van der Waals surface area contributed by atoms with Crippen LogP contribution in [0.2, 0.25) is 0 Å². The standard InChI is InChI=1S/C8H14F3NO2.C2H6/c1-5(12-6(13)14-4)7(2,3)8(9,10)11;1-2/h5H,1-4H3,(H,12,13);1-2H3. The van der Waals surface area contributed by atoms with Crippen molar-refractivity contribution in [2.24, 2.45) is 5.41 Å². The number of carbonyl (C=O) groups is 1. The Morgan fingerprint density at radius 1 is 1.25 bits per heavy atom. The van der Waals surface area contributed by atoms with Crippen molar-refractivity contribution in [2.45, 2.75) is 46.8 Å². The number of halogens is 3. The highest BCUT2D eigenvalue weighted by atomic mass is 19.4. The van der Waals surface area contributed by atoms with E-state index in [0.29, 0.717) is 0 Å². The Morgan fingerprint density at radius 3 is 1.88 bits per heavy atom. The molecule has 6 heteroatoms. The van der Waals surface area contributed by atoms with Gasteiger partial charge in [0.15, 0.2) is 0 Å². The predicted octanol–water partition coefficient (Wildman–Crippen LogP) is 3.35. The minimum atomic E-state index is -4.37. The lowest BCUT2D eigenvalue weighted by Gasteiger charge is -2.33. The van der Waals surface area contributed by atoms with Crippen molar-refractivity contribution >= 4 is 6.09 Å². The zero-order chi connectivity index (χ0) is 13.6. The van der Waals surface area contributed by atoms with Crippen LogP contribution in [0.1, 0.15) is 34.6 Å². The second-order valence-corrected chi connectivity index (χ2v) is 3.58. The first-order valence-electron chi connectivity index (χ1n) is 5.04. The van der Waals surface area contributed by atoms with Crippen LogP contribution < -0.4 is 5.32 Å². The fourth-order valence-electron chi connectivity index (χ4n) is 0.662. The topological polar surface area (TPSA) is 38.3 Å². The number of methoxy groups -OCH3 is 1. The Bertz CT molecular complexity index is 215.